The number of aromatic amines is 1. The monoisotopic (exact) mass is 260 g/mol. The molecule has 0 aliphatic carbocycles. The van der Waals surface area contributed by atoms with Crippen molar-refractivity contribution in [1.29, 1.82) is 0 Å². The molecule has 1 aromatic heterocycles. The molecule has 1 heterocycles. The Balaban J connectivity index is 2.47. The van der Waals surface area contributed by atoms with Gasteiger partial charge in [0.25, 0.3) is 0 Å². The standard InChI is InChI=1S/C15H20N2O2/c1-9(2)12-7-11(5-6-14(12)19-4)15-16-10(3)13(8-18)17-15/h5-7,9,18H,8H2,1-4H3,(H,16,17). The Morgan fingerprint density at radius 3 is 2.63 bits per heavy atom. The number of aryl methyl sites for hydroxylation is 1. The zero-order valence-electron chi connectivity index (χ0n) is 11.8. The van der Waals surface area contributed by atoms with Crippen LogP contribution in [-0.4, -0.2) is 22.2 Å². The molecule has 102 valence electrons. The third-order valence-electron chi connectivity index (χ3n) is 3.26. The number of benzene rings is 1. The lowest BCUT2D eigenvalue weighted by atomic mass is 9.99. The lowest BCUT2D eigenvalue weighted by Gasteiger charge is -2.12. The van der Waals surface area contributed by atoms with Crippen molar-refractivity contribution in [3.63, 3.8) is 0 Å². The summed E-state index contributed by atoms with van der Waals surface area (Å²) in [4.78, 5) is 7.61. The van der Waals surface area contributed by atoms with Gasteiger partial charge in [0.15, 0.2) is 0 Å². The molecule has 0 atom stereocenters. The van der Waals surface area contributed by atoms with Gasteiger partial charge in [-0.05, 0) is 36.6 Å². The van der Waals surface area contributed by atoms with Gasteiger partial charge in [0.1, 0.15) is 11.6 Å². The van der Waals surface area contributed by atoms with E-state index in [9.17, 15) is 5.11 Å². The van der Waals surface area contributed by atoms with E-state index in [0.29, 0.717) is 11.6 Å². The Labute approximate surface area is 113 Å². The number of hydrogen-bond acceptors (Lipinski definition) is 3. The zero-order valence-corrected chi connectivity index (χ0v) is 11.8. The summed E-state index contributed by atoms with van der Waals surface area (Å²) >= 11 is 0. The first-order valence-corrected chi connectivity index (χ1v) is 6.41. The van der Waals surface area contributed by atoms with Crippen molar-refractivity contribution in [2.24, 2.45) is 0 Å². The predicted octanol–water partition coefficient (Wildman–Crippen LogP) is 3.01. The first-order valence-electron chi connectivity index (χ1n) is 6.41. The van der Waals surface area contributed by atoms with Crippen molar-refractivity contribution < 1.29 is 9.84 Å². The lowest BCUT2D eigenvalue weighted by Crippen LogP contribution is -1.95. The minimum atomic E-state index is -0.0461. The number of ether oxygens (including phenoxy) is 1. The molecule has 4 heteroatoms. The Morgan fingerprint density at radius 2 is 2.11 bits per heavy atom. The normalized spacial score (nSPS) is 11.1. The maximum atomic E-state index is 9.20. The molecule has 2 N–H and O–H groups in total. The van der Waals surface area contributed by atoms with E-state index in [-0.39, 0.29) is 6.61 Å². The van der Waals surface area contributed by atoms with Crippen LogP contribution in [0.15, 0.2) is 18.2 Å². The minimum absolute atomic E-state index is 0.0461. The average molecular weight is 260 g/mol. The van der Waals surface area contributed by atoms with E-state index in [0.717, 1.165) is 28.4 Å². The van der Waals surface area contributed by atoms with Crippen LogP contribution in [-0.2, 0) is 6.61 Å². The predicted molar refractivity (Wildman–Crippen MR) is 75.3 cm³/mol. The van der Waals surface area contributed by atoms with Gasteiger partial charge in [-0.1, -0.05) is 13.8 Å². The van der Waals surface area contributed by atoms with Crippen LogP contribution in [0.1, 0.15) is 36.7 Å². The molecule has 0 unspecified atom stereocenters. The van der Waals surface area contributed by atoms with Crippen LogP contribution in [0.5, 0.6) is 5.75 Å². The number of aliphatic hydroxyl groups excluding tert-OH is 1. The fourth-order valence-electron chi connectivity index (χ4n) is 2.12. The summed E-state index contributed by atoms with van der Waals surface area (Å²) in [6, 6.07) is 6.02. The molecule has 0 aliphatic rings. The molecule has 2 aromatic rings. The van der Waals surface area contributed by atoms with Crippen molar-refractivity contribution in [1.82, 2.24) is 9.97 Å². The van der Waals surface area contributed by atoms with E-state index >= 15 is 0 Å². The van der Waals surface area contributed by atoms with Gasteiger partial charge in [-0.25, -0.2) is 4.98 Å². The van der Waals surface area contributed by atoms with E-state index in [1.54, 1.807) is 7.11 Å². The maximum Gasteiger partial charge on any atom is 0.137 e. The molecular weight excluding hydrogens is 240 g/mol. The molecular formula is C15H20N2O2. The number of nitrogens with one attached hydrogen (secondary N) is 1. The van der Waals surface area contributed by atoms with Gasteiger partial charge in [0.05, 0.1) is 19.4 Å². The third-order valence-corrected chi connectivity index (χ3v) is 3.26. The van der Waals surface area contributed by atoms with E-state index in [4.69, 9.17) is 4.74 Å². The van der Waals surface area contributed by atoms with Gasteiger partial charge >= 0.3 is 0 Å². The highest BCUT2D eigenvalue weighted by Crippen LogP contribution is 2.30. The fourth-order valence-corrected chi connectivity index (χ4v) is 2.12. The molecule has 0 fully saturated rings. The number of H-pyrrole nitrogens is 1. The van der Waals surface area contributed by atoms with Crippen molar-refractivity contribution in [2.75, 3.05) is 7.11 Å². The molecule has 19 heavy (non-hydrogen) atoms. The number of methoxy groups -OCH3 is 1. The zero-order chi connectivity index (χ0) is 14.0. The molecule has 1 aromatic carbocycles. The van der Waals surface area contributed by atoms with Crippen molar-refractivity contribution in [2.45, 2.75) is 33.3 Å². The third kappa shape index (κ3) is 2.63. The summed E-state index contributed by atoms with van der Waals surface area (Å²) in [5.41, 5.74) is 3.75. The smallest absolute Gasteiger partial charge is 0.137 e. The second-order valence-corrected chi connectivity index (χ2v) is 4.93. The maximum absolute atomic E-state index is 9.20. The minimum Gasteiger partial charge on any atom is -0.496 e. The van der Waals surface area contributed by atoms with Crippen LogP contribution in [0.4, 0.5) is 0 Å². The summed E-state index contributed by atoms with van der Waals surface area (Å²) < 4.78 is 5.38. The highest BCUT2D eigenvalue weighted by Gasteiger charge is 2.12. The Hall–Kier alpha value is -1.81. The number of aromatic nitrogens is 2. The summed E-state index contributed by atoms with van der Waals surface area (Å²) in [7, 11) is 1.68. The number of imidazole rings is 1. The largest absolute Gasteiger partial charge is 0.496 e. The van der Waals surface area contributed by atoms with Crippen LogP contribution >= 0.6 is 0 Å². The number of hydrogen-bond donors (Lipinski definition) is 2. The van der Waals surface area contributed by atoms with Crippen LogP contribution in [0.3, 0.4) is 0 Å². The number of rotatable bonds is 4. The fraction of sp³-hybridized carbons (Fsp3) is 0.400. The van der Waals surface area contributed by atoms with Crippen molar-refractivity contribution in [3.8, 4) is 17.1 Å². The van der Waals surface area contributed by atoms with Crippen molar-refractivity contribution in [3.05, 3.63) is 35.2 Å². The molecule has 0 saturated heterocycles. The quantitative estimate of drug-likeness (QED) is 0.888. The van der Waals surface area contributed by atoms with Gasteiger partial charge in [-0.15, -0.1) is 0 Å². The molecule has 0 amide bonds. The summed E-state index contributed by atoms with van der Waals surface area (Å²) in [5, 5.41) is 9.20. The van der Waals surface area contributed by atoms with Gasteiger partial charge in [0, 0.05) is 11.3 Å². The molecule has 0 aliphatic heterocycles. The van der Waals surface area contributed by atoms with Gasteiger partial charge in [-0.2, -0.15) is 0 Å². The highest BCUT2D eigenvalue weighted by atomic mass is 16.5. The Kier molecular flexibility index (Phi) is 3.90. The number of aliphatic hydroxyl groups is 1. The molecule has 0 saturated carbocycles. The van der Waals surface area contributed by atoms with E-state index in [2.05, 4.69) is 29.9 Å². The van der Waals surface area contributed by atoms with Gasteiger partial charge in [-0.3, -0.25) is 0 Å². The first kappa shape index (κ1) is 13.6. The SMILES string of the molecule is COc1ccc(-c2nc(CO)c(C)[nH]2)cc1C(C)C. The van der Waals surface area contributed by atoms with Crippen LogP contribution in [0, 0.1) is 6.92 Å². The molecule has 2 rings (SSSR count). The highest BCUT2D eigenvalue weighted by molar-refractivity contribution is 5.60. The van der Waals surface area contributed by atoms with E-state index in [1.165, 1.54) is 0 Å². The van der Waals surface area contributed by atoms with Gasteiger partial charge in [0.2, 0.25) is 0 Å². The summed E-state index contributed by atoms with van der Waals surface area (Å²) in [6.45, 7) is 6.13. The average Bonchev–Trinajstić information content (AvgIpc) is 2.79. The second kappa shape index (κ2) is 5.45. The first-order chi connectivity index (χ1) is 9.06. The Morgan fingerprint density at radius 1 is 1.37 bits per heavy atom. The summed E-state index contributed by atoms with van der Waals surface area (Å²) in [6.07, 6.45) is 0. The van der Waals surface area contributed by atoms with Crippen molar-refractivity contribution >= 4 is 0 Å². The van der Waals surface area contributed by atoms with Crippen LogP contribution in [0.25, 0.3) is 11.4 Å². The Bertz CT molecular complexity index is 574. The molecule has 0 spiro atoms. The van der Waals surface area contributed by atoms with Gasteiger partial charge < -0.3 is 14.8 Å². The van der Waals surface area contributed by atoms with Crippen LogP contribution < -0.4 is 4.74 Å². The summed E-state index contributed by atoms with van der Waals surface area (Å²) in [5.74, 6) is 2.05. The molecule has 0 bridgehead atoms. The molecule has 4 nitrogen and oxygen atoms in total. The topological polar surface area (TPSA) is 58.1 Å². The molecule has 0 radical (unpaired) electrons. The second-order valence-electron chi connectivity index (χ2n) is 4.93. The lowest BCUT2D eigenvalue weighted by molar-refractivity contribution is 0.276. The number of nitrogens with zero attached hydrogens (tertiary/aromatic N) is 1. The van der Waals surface area contributed by atoms with E-state index in [1.807, 2.05) is 19.1 Å². The van der Waals surface area contributed by atoms with E-state index < -0.39 is 0 Å². The van der Waals surface area contributed by atoms with Crippen LogP contribution in [0.2, 0.25) is 0 Å².